The Morgan fingerprint density at radius 3 is 1.44 bits per heavy atom. The maximum Gasteiger partial charge on any atom is 3.00 e. The number of hydrogen-bond acceptors (Lipinski definition) is 4. The third-order valence-corrected chi connectivity index (χ3v) is 3.71. The average Bonchev–Trinajstić information content (AvgIpc) is 2.81. The third kappa shape index (κ3) is 10.6. The fourth-order valence-electron chi connectivity index (χ4n) is 2.44. The zero-order valence-corrected chi connectivity index (χ0v) is 20.3. The second kappa shape index (κ2) is 15.4. The molecular weight excluding hydrogens is 577 g/mol. The van der Waals surface area contributed by atoms with Gasteiger partial charge in [-0.1, -0.05) is 31.2 Å². The number of pyridine rings is 2. The van der Waals surface area contributed by atoms with Crippen LogP contribution >= 0.6 is 0 Å². The van der Waals surface area contributed by atoms with E-state index in [-0.39, 0.29) is 31.6 Å². The number of benzene rings is 2. The summed E-state index contributed by atoms with van der Waals surface area (Å²) in [6.07, 6.45) is 4.63. The first-order chi connectivity index (χ1) is 15.1. The molecule has 162 valence electrons. The van der Waals surface area contributed by atoms with Crippen molar-refractivity contribution in [2.24, 2.45) is 0 Å². The van der Waals surface area contributed by atoms with Crippen LogP contribution in [0.4, 0.5) is 0 Å². The predicted molar refractivity (Wildman–Crippen MR) is 121 cm³/mol. The third-order valence-electron chi connectivity index (χ3n) is 3.71. The minimum absolute atomic E-state index is 0. The van der Waals surface area contributed by atoms with Gasteiger partial charge in [0.15, 0.2) is 5.78 Å². The van der Waals surface area contributed by atoms with Gasteiger partial charge in [-0.15, -0.1) is 77.5 Å². The second-order valence-electron chi connectivity index (χ2n) is 6.35. The summed E-state index contributed by atoms with van der Waals surface area (Å²) in [7, 11) is 0. The molecule has 0 atom stereocenters. The molecule has 4 aromatic rings. The molecule has 0 aliphatic rings. The fourth-order valence-corrected chi connectivity index (χ4v) is 2.44. The van der Waals surface area contributed by atoms with E-state index in [4.69, 9.17) is 0 Å². The van der Waals surface area contributed by atoms with Crippen molar-refractivity contribution < 1.29 is 30.0 Å². The molecule has 5 heteroatoms. The molecule has 4 rings (SSSR count). The molecule has 0 aliphatic carbocycles. The molecule has 0 unspecified atom stereocenters. The minimum atomic E-state index is -0.187. The van der Waals surface area contributed by atoms with Crippen molar-refractivity contribution in [2.45, 2.75) is 13.8 Å². The summed E-state index contributed by atoms with van der Waals surface area (Å²) in [5, 5.41) is 9.98. The van der Waals surface area contributed by atoms with E-state index in [0.717, 1.165) is 28.6 Å². The van der Waals surface area contributed by atoms with Crippen LogP contribution in [0.2, 0.25) is 0 Å². The second-order valence-corrected chi connectivity index (χ2v) is 6.35. The van der Waals surface area contributed by atoms with Crippen LogP contribution in [0.25, 0.3) is 22.5 Å². The Labute approximate surface area is 203 Å². The van der Waals surface area contributed by atoms with E-state index in [1.54, 1.807) is 12.4 Å². The van der Waals surface area contributed by atoms with Crippen LogP contribution in [-0.2, 0) is 24.9 Å². The molecule has 0 aliphatic heterocycles. The van der Waals surface area contributed by atoms with Gasteiger partial charge >= 0.3 is 20.1 Å². The Morgan fingerprint density at radius 1 is 0.750 bits per heavy atom. The smallest absolute Gasteiger partial charge is 0.876 e. The van der Waals surface area contributed by atoms with Crippen molar-refractivity contribution in [3.8, 4) is 22.5 Å². The van der Waals surface area contributed by atoms with Gasteiger partial charge in [0.2, 0.25) is 0 Å². The molecular formula is C27H23IrN2O2. The number of ketones is 1. The maximum absolute atomic E-state index is 9.98. The number of aromatic nitrogens is 2. The van der Waals surface area contributed by atoms with Gasteiger partial charge in [-0.05, 0) is 36.5 Å². The van der Waals surface area contributed by atoms with Crippen molar-refractivity contribution in [1.29, 1.82) is 0 Å². The SMILES string of the molecule is CC(=O)C=C(C)[O-].[Ir+3].[c-]1ccccc1-c1ccccn1.[c-]1ccccc1-c1ccccn1. The van der Waals surface area contributed by atoms with Gasteiger partial charge in [-0.25, -0.2) is 0 Å². The van der Waals surface area contributed by atoms with Gasteiger partial charge in [-0.3, -0.25) is 4.79 Å². The van der Waals surface area contributed by atoms with Crippen LogP contribution in [0.3, 0.4) is 0 Å². The summed E-state index contributed by atoms with van der Waals surface area (Å²) in [5.74, 6) is -0.375. The first-order valence-corrected chi connectivity index (χ1v) is 9.68. The van der Waals surface area contributed by atoms with E-state index in [0.29, 0.717) is 0 Å². The first kappa shape index (κ1) is 26.6. The van der Waals surface area contributed by atoms with E-state index in [1.807, 2.05) is 84.9 Å². The normalized spacial score (nSPS) is 9.75. The number of carbonyl (C=O) groups is 1. The summed E-state index contributed by atoms with van der Waals surface area (Å²) in [6.45, 7) is 2.70. The van der Waals surface area contributed by atoms with Crippen LogP contribution < -0.4 is 5.11 Å². The van der Waals surface area contributed by atoms with E-state index in [9.17, 15) is 9.90 Å². The van der Waals surface area contributed by atoms with Crippen LogP contribution in [0, 0.1) is 12.1 Å². The summed E-state index contributed by atoms with van der Waals surface area (Å²) >= 11 is 0. The van der Waals surface area contributed by atoms with E-state index < -0.39 is 0 Å². The summed E-state index contributed by atoms with van der Waals surface area (Å²) in [6, 6.07) is 33.6. The van der Waals surface area contributed by atoms with Crippen LogP contribution in [-0.4, -0.2) is 15.8 Å². The molecule has 0 fully saturated rings. The summed E-state index contributed by atoms with van der Waals surface area (Å²) in [5.41, 5.74) is 4.02. The zero-order valence-electron chi connectivity index (χ0n) is 17.9. The van der Waals surface area contributed by atoms with Crippen molar-refractivity contribution in [3.05, 3.63) is 121 Å². The van der Waals surface area contributed by atoms with Gasteiger partial charge in [0.25, 0.3) is 0 Å². The summed E-state index contributed by atoms with van der Waals surface area (Å²) in [4.78, 5) is 18.4. The minimum Gasteiger partial charge on any atom is -0.876 e. The van der Waals surface area contributed by atoms with Gasteiger partial charge < -0.3 is 15.1 Å². The number of carbonyl (C=O) groups excluding carboxylic acids is 1. The molecule has 2 aromatic carbocycles. The first-order valence-electron chi connectivity index (χ1n) is 9.68. The van der Waals surface area contributed by atoms with Crippen molar-refractivity contribution in [1.82, 2.24) is 9.97 Å². The number of hydrogen-bond donors (Lipinski definition) is 0. The standard InChI is InChI=1S/2C11H8N.C5H8O2.Ir/c2*1-2-6-10(7-3-1)11-8-4-5-9-12-11;1-4(6)3-5(2)7;/h2*1-6,8-9H;3,6H,1-2H3;/q2*-1;;+3/p-1. The van der Waals surface area contributed by atoms with E-state index in [1.165, 1.54) is 13.8 Å². The molecule has 2 heterocycles. The molecule has 0 saturated heterocycles. The van der Waals surface area contributed by atoms with Crippen LogP contribution in [0.1, 0.15) is 13.8 Å². The monoisotopic (exact) mass is 600 g/mol. The Balaban J connectivity index is 0.000000246. The Hall–Kier alpha value is -3.40. The van der Waals surface area contributed by atoms with Gasteiger partial charge in [0.05, 0.1) is 0 Å². The molecule has 0 N–H and O–H groups in total. The van der Waals surface area contributed by atoms with Crippen molar-refractivity contribution >= 4 is 5.78 Å². The zero-order chi connectivity index (χ0) is 22.3. The van der Waals surface area contributed by atoms with Crippen LogP contribution in [0.5, 0.6) is 0 Å². The van der Waals surface area contributed by atoms with Gasteiger partial charge in [0, 0.05) is 12.4 Å². The molecule has 2 aromatic heterocycles. The molecule has 32 heavy (non-hydrogen) atoms. The fraction of sp³-hybridized carbons (Fsp3) is 0.0741. The van der Waals surface area contributed by atoms with Gasteiger partial charge in [0.1, 0.15) is 0 Å². The topological polar surface area (TPSA) is 65.9 Å². The number of allylic oxidation sites excluding steroid dienone is 2. The van der Waals surface area contributed by atoms with Crippen molar-refractivity contribution in [3.63, 3.8) is 0 Å². The molecule has 0 bridgehead atoms. The molecule has 0 radical (unpaired) electrons. The molecule has 4 nitrogen and oxygen atoms in total. The quantitative estimate of drug-likeness (QED) is 0.190. The Bertz CT molecular complexity index is 902. The van der Waals surface area contributed by atoms with Gasteiger partial charge in [-0.2, -0.15) is 0 Å². The predicted octanol–water partition coefficient (Wildman–Crippen LogP) is 4.93. The number of rotatable bonds is 3. The largest absolute Gasteiger partial charge is 3.00 e. The average molecular weight is 600 g/mol. The summed E-state index contributed by atoms with van der Waals surface area (Å²) < 4.78 is 0. The van der Waals surface area contributed by atoms with E-state index >= 15 is 0 Å². The molecule has 0 spiro atoms. The van der Waals surface area contributed by atoms with Crippen molar-refractivity contribution in [2.75, 3.05) is 0 Å². The number of nitrogens with zero attached hydrogens (tertiary/aromatic N) is 2. The Kier molecular flexibility index (Phi) is 12.8. The Morgan fingerprint density at radius 2 is 1.19 bits per heavy atom. The molecule has 0 amide bonds. The van der Waals surface area contributed by atoms with Crippen LogP contribution in [0.15, 0.2) is 109 Å². The molecule has 0 saturated carbocycles. The van der Waals surface area contributed by atoms with E-state index in [2.05, 4.69) is 22.1 Å². The maximum atomic E-state index is 9.98.